The van der Waals surface area contributed by atoms with Crippen LogP contribution in [0.25, 0.3) is 0 Å². The zero-order valence-corrected chi connectivity index (χ0v) is 9.34. The first-order valence-electron chi connectivity index (χ1n) is 4.25. The highest BCUT2D eigenvalue weighted by Crippen LogP contribution is 2.31. The second-order valence-electron chi connectivity index (χ2n) is 3.34. The zero-order chi connectivity index (χ0) is 15.2. The van der Waals surface area contributed by atoms with Crippen molar-refractivity contribution in [2.24, 2.45) is 0 Å². The minimum atomic E-state index is -6.08. The van der Waals surface area contributed by atoms with Gasteiger partial charge in [-0.2, -0.15) is 17.2 Å². The highest BCUT2D eigenvalue weighted by Gasteiger charge is 2.46. The fourth-order valence-electron chi connectivity index (χ4n) is 1.10. The molecule has 0 fully saturated rings. The van der Waals surface area contributed by atoms with E-state index in [0.29, 0.717) is 0 Å². The second-order valence-corrected chi connectivity index (χ2v) is 4.89. The highest BCUT2D eigenvalue weighted by atomic mass is 32.2. The molecule has 0 spiro atoms. The zero-order valence-electron chi connectivity index (χ0n) is 8.52. The summed E-state index contributed by atoms with van der Waals surface area (Å²) in [7, 11) is -6.08. The summed E-state index contributed by atoms with van der Waals surface area (Å²) in [6, 6.07) is 0. The summed E-state index contributed by atoms with van der Waals surface area (Å²) < 4.78 is 118. The molecule has 1 aromatic rings. The summed E-state index contributed by atoms with van der Waals surface area (Å²) in [5.74, 6) is -12.8. The molecule has 0 aromatic heterocycles. The summed E-state index contributed by atoms with van der Waals surface area (Å²) in [5.41, 5.74) is -2.04. The van der Waals surface area contributed by atoms with E-state index >= 15 is 0 Å². The van der Waals surface area contributed by atoms with Crippen LogP contribution in [0.5, 0.6) is 0 Å². The Hall–Kier alpha value is -1.36. The molecule has 0 saturated carbocycles. The van der Waals surface area contributed by atoms with Crippen LogP contribution < -0.4 is 0 Å². The van der Waals surface area contributed by atoms with E-state index in [0.717, 1.165) is 0 Å². The first-order chi connectivity index (χ1) is 8.40. The van der Waals surface area contributed by atoms with Gasteiger partial charge in [-0.15, -0.1) is 0 Å². The lowest BCUT2D eigenvalue weighted by Crippen LogP contribution is -2.32. The van der Waals surface area contributed by atoms with Crippen LogP contribution in [0.4, 0.5) is 30.7 Å². The summed E-state index contributed by atoms with van der Waals surface area (Å²) in [6.07, 6.45) is -2.41. The van der Waals surface area contributed by atoms with Gasteiger partial charge in [0.2, 0.25) is 5.82 Å². The maximum atomic E-state index is 13.0. The molecule has 0 unspecified atom stereocenters. The first-order valence-corrected chi connectivity index (χ1v) is 5.69. The van der Waals surface area contributed by atoms with Crippen LogP contribution in [0.15, 0.2) is 0 Å². The van der Waals surface area contributed by atoms with Crippen molar-refractivity contribution < 1.29 is 43.7 Å². The molecule has 1 rings (SSSR count). The molecule has 0 aliphatic heterocycles. The lowest BCUT2D eigenvalue weighted by atomic mass is 10.1. The summed E-state index contributed by atoms with van der Waals surface area (Å²) in [4.78, 5) is 0. The Kier molecular flexibility index (Phi) is 3.83. The molecule has 0 aliphatic carbocycles. The monoisotopic (exact) mass is 312 g/mol. The maximum absolute atomic E-state index is 13.0. The van der Waals surface area contributed by atoms with E-state index in [1.54, 1.807) is 0 Å². The molecule has 0 atom stereocenters. The SMILES string of the molecule is O=S(=O)(O)C(F)(F)Cc1c(F)c(F)c(F)c(F)c1F. The Labute approximate surface area is 101 Å². The standard InChI is InChI=1S/C8H3F7O3S/c9-3-2(1-8(14,15)19(16,17)18)4(10)6(12)7(13)5(3)11/h1H2,(H,16,17,18). The average molecular weight is 312 g/mol. The van der Waals surface area contributed by atoms with Gasteiger partial charge in [0.05, 0.1) is 6.42 Å². The molecule has 19 heavy (non-hydrogen) atoms. The largest absolute Gasteiger partial charge is 0.374 e. The summed E-state index contributed by atoms with van der Waals surface area (Å²) in [5, 5.41) is -5.11. The van der Waals surface area contributed by atoms with E-state index in [4.69, 9.17) is 4.55 Å². The number of halogens is 7. The Morgan fingerprint density at radius 2 is 1.16 bits per heavy atom. The van der Waals surface area contributed by atoms with E-state index in [9.17, 15) is 39.2 Å². The van der Waals surface area contributed by atoms with Crippen LogP contribution in [-0.4, -0.2) is 18.2 Å². The Morgan fingerprint density at radius 3 is 1.47 bits per heavy atom. The van der Waals surface area contributed by atoms with E-state index in [1.807, 2.05) is 0 Å². The first kappa shape index (κ1) is 15.7. The number of rotatable bonds is 3. The molecule has 11 heteroatoms. The van der Waals surface area contributed by atoms with Gasteiger partial charge in [0.25, 0.3) is 0 Å². The molecule has 0 radical (unpaired) electrons. The third-order valence-electron chi connectivity index (χ3n) is 2.06. The normalized spacial score (nSPS) is 12.8. The van der Waals surface area contributed by atoms with E-state index in [2.05, 4.69) is 0 Å². The molecule has 0 heterocycles. The van der Waals surface area contributed by atoms with Crippen molar-refractivity contribution >= 4 is 10.1 Å². The van der Waals surface area contributed by atoms with Gasteiger partial charge in [0, 0.05) is 5.56 Å². The predicted molar refractivity (Wildman–Crippen MR) is 46.4 cm³/mol. The van der Waals surface area contributed by atoms with Gasteiger partial charge < -0.3 is 0 Å². The molecular weight excluding hydrogens is 309 g/mol. The van der Waals surface area contributed by atoms with Crippen molar-refractivity contribution in [3.05, 3.63) is 34.6 Å². The maximum Gasteiger partial charge on any atom is 0.374 e. The highest BCUT2D eigenvalue weighted by molar-refractivity contribution is 7.86. The molecule has 108 valence electrons. The minimum absolute atomic E-state index is 2.04. The number of alkyl halides is 2. The average Bonchev–Trinajstić information content (AvgIpc) is 2.28. The molecule has 1 aromatic carbocycles. The smallest absolute Gasteiger partial charge is 0.281 e. The fraction of sp³-hybridized carbons (Fsp3) is 0.250. The molecule has 0 amide bonds. The minimum Gasteiger partial charge on any atom is -0.281 e. The molecule has 3 nitrogen and oxygen atoms in total. The molecule has 0 bridgehead atoms. The van der Waals surface area contributed by atoms with Gasteiger partial charge in [-0.05, 0) is 0 Å². The van der Waals surface area contributed by atoms with Crippen molar-refractivity contribution in [3.8, 4) is 0 Å². The number of benzene rings is 1. The van der Waals surface area contributed by atoms with Crippen molar-refractivity contribution in [3.63, 3.8) is 0 Å². The van der Waals surface area contributed by atoms with Gasteiger partial charge in [0.1, 0.15) is 0 Å². The Balaban J connectivity index is 3.47. The third kappa shape index (κ3) is 2.66. The quantitative estimate of drug-likeness (QED) is 0.404. The molecule has 1 N–H and O–H groups in total. The lowest BCUT2D eigenvalue weighted by molar-refractivity contribution is 0.0786. The fourth-order valence-corrected chi connectivity index (χ4v) is 1.43. The van der Waals surface area contributed by atoms with Crippen LogP contribution in [-0.2, 0) is 16.5 Å². The number of hydrogen-bond donors (Lipinski definition) is 1. The van der Waals surface area contributed by atoms with E-state index in [1.165, 1.54) is 0 Å². The van der Waals surface area contributed by atoms with Crippen molar-refractivity contribution in [2.45, 2.75) is 11.7 Å². The number of hydrogen-bond acceptors (Lipinski definition) is 2. The van der Waals surface area contributed by atoms with Gasteiger partial charge in [-0.1, -0.05) is 0 Å². The van der Waals surface area contributed by atoms with Gasteiger partial charge in [-0.3, -0.25) is 4.55 Å². The lowest BCUT2D eigenvalue weighted by Gasteiger charge is -2.14. The van der Waals surface area contributed by atoms with Crippen LogP contribution in [0.3, 0.4) is 0 Å². The Morgan fingerprint density at radius 1 is 0.842 bits per heavy atom. The summed E-state index contributed by atoms with van der Waals surface area (Å²) in [6.45, 7) is 0. The van der Waals surface area contributed by atoms with Crippen molar-refractivity contribution in [2.75, 3.05) is 0 Å². The Bertz CT molecular complexity index is 597. The topological polar surface area (TPSA) is 54.4 Å². The molecule has 0 saturated heterocycles. The van der Waals surface area contributed by atoms with Gasteiger partial charge >= 0.3 is 15.4 Å². The van der Waals surface area contributed by atoms with E-state index < -0.39 is 56.4 Å². The van der Waals surface area contributed by atoms with Gasteiger partial charge in [0.15, 0.2) is 23.3 Å². The van der Waals surface area contributed by atoms with Crippen molar-refractivity contribution in [1.82, 2.24) is 0 Å². The molecular formula is C8H3F7O3S. The van der Waals surface area contributed by atoms with E-state index in [-0.39, 0.29) is 0 Å². The van der Waals surface area contributed by atoms with Crippen molar-refractivity contribution in [1.29, 1.82) is 0 Å². The third-order valence-corrected chi connectivity index (χ3v) is 2.96. The molecule has 0 aliphatic rings. The van der Waals surface area contributed by atoms with Crippen LogP contribution >= 0.6 is 0 Å². The van der Waals surface area contributed by atoms with Gasteiger partial charge in [-0.25, -0.2) is 22.0 Å². The predicted octanol–water partition coefficient (Wildman–Crippen LogP) is 2.41. The van der Waals surface area contributed by atoms with Crippen LogP contribution in [0.2, 0.25) is 0 Å². The second kappa shape index (κ2) is 4.63. The van der Waals surface area contributed by atoms with Crippen LogP contribution in [0.1, 0.15) is 5.56 Å². The summed E-state index contributed by atoms with van der Waals surface area (Å²) >= 11 is 0. The van der Waals surface area contributed by atoms with Crippen LogP contribution in [0, 0.1) is 29.1 Å².